The first-order chi connectivity index (χ1) is 8.83. The second-order valence-corrected chi connectivity index (χ2v) is 5.02. The molecule has 0 aliphatic rings. The Morgan fingerprint density at radius 1 is 1.11 bits per heavy atom. The van der Waals surface area contributed by atoms with Gasteiger partial charge in [0.2, 0.25) is 0 Å². The molecule has 19 heavy (non-hydrogen) atoms. The molecule has 0 unspecified atom stereocenters. The number of aromatic nitrogens is 1. The molecule has 0 bridgehead atoms. The number of unbranched alkanes of at least 4 members (excludes halogenated alkanes) is 3. The fraction of sp³-hybridized carbons (Fsp3) is 0.500. The number of hydrogen-bond acceptors (Lipinski definition) is 1. The molecular weight excluding hydrogens is 256 g/mol. The topological polar surface area (TPSA) is 17.0 Å². The highest BCUT2D eigenvalue weighted by molar-refractivity contribution is 5.85. The number of para-hydroxylation sites is 1. The van der Waals surface area contributed by atoms with Crippen molar-refractivity contribution >= 4 is 23.3 Å². The van der Waals surface area contributed by atoms with Gasteiger partial charge in [-0.3, -0.25) is 0 Å². The first-order valence-corrected chi connectivity index (χ1v) is 7.06. The third-order valence-electron chi connectivity index (χ3n) is 3.50. The fourth-order valence-corrected chi connectivity index (χ4v) is 2.47. The lowest BCUT2D eigenvalue weighted by molar-refractivity contribution is 0.599. The summed E-state index contributed by atoms with van der Waals surface area (Å²) in [6.45, 7) is 4.36. The molecule has 0 saturated carbocycles. The monoisotopic (exact) mass is 280 g/mol. The largest absolute Gasteiger partial charge is 0.350 e. The van der Waals surface area contributed by atoms with Crippen molar-refractivity contribution in [2.24, 2.45) is 7.05 Å². The average Bonchev–Trinajstić information content (AvgIpc) is 2.71. The van der Waals surface area contributed by atoms with Crippen molar-refractivity contribution in [3.05, 3.63) is 36.0 Å². The zero-order valence-corrected chi connectivity index (χ0v) is 12.8. The van der Waals surface area contributed by atoms with E-state index in [0.717, 1.165) is 13.1 Å². The lowest BCUT2D eigenvalue weighted by Crippen LogP contribution is -2.14. The first-order valence-electron chi connectivity index (χ1n) is 7.06. The van der Waals surface area contributed by atoms with E-state index in [4.69, 9.17) is 0 Å². The molecule has 2 nitrogen and oxygen atoms in total. The van der Waals surface area contributed by atoms with Gasteiger partial charge in [0.1, 0.15) is 0 Å². The molecular formula is C16H25ClN2. The van der Waals surface area contributed by atoms with E-state index in [-0.39, 0.29) is 12.4 Å². The summed E-state index contributed by atoms with van der Waals surface area (Å²) in [5.41, 5.74) is 2.73. The number of hydrogen-bond donors (Lipinski definition) is 1. The predicted molar refractivity (Wildman–Crippen MR) is 86.0 cm³/mol. The summed E-state index contributed by atoms with van der Waals surface area (Å²) in [6, 6.07) is 8.61. The van der Waals surface area contributed by atoms with E-state index >= 15 is 0 Å². The van der Waals surface area contributed by atoms with Gasteiger partial charge in [0, 0.05) is 30.7 Å². The number of fused-ring (bicyclic) bond motifs is 1. The maximum atomic E-state index is 3.55. The molecule has 1 N–H and O–H groups in total. The molecule has 0 saturated heterocycles. The number of nitrogens with one attached hydrogen (secondary N) is 1. The summed E-state index contributed by atoms with van der Waals surface area (Å²) >= 11 is 0. The van der Waals surface area contributed by atoms with Crippen LogP contribution in [0.25, 0.3) is 10.9 Å². The van der Waals surface area contributed by atoms with Crippen molar-refractivity contribution in [1.82, 2.24) is 9.88 Å². The zero-order valence-electron chi connectivity index (χ0n) is 12.0. The van der Waals surface area contributed by atoms with Crippen LogP contribution in [0.15, 0.2) is 30.5 Å². The molecule has 1 aromatic carbocycles. The molecule has 106 valence electrons. The van der Waals surface area contributed by atoms with Crippen molar-refractivity contribution in [2.75, 3.05) is 6.54 Å². The molecule has 0 fully saturated rings. The van der Waals surface area contributed by atoms with Crippen LogP contribution in [-0.2, 0) is 13.6 Å². The lowest BCUT2D eigenvalue weighted by atomic mass is 10.1. The normalized spacial score (nSPS) is 10.6. The molecule has 0 aliphatic carbocycles. The Balaban J connectivity index is 0.00000180. The van der Waals surface area contributed by atoms with E-state index in [2.05, 4.69) is 54.3 Å². The summed E-state index contributed by atoms with van der Waals surface area (Å²) < 4.78 is 2.21. The van der Waals surface area contributed by atoms with Gasteiger partial charge in [0.05, 0.1) is 0 Å². The Morgan fingerprint density at radius 2 is 1.89 bits per heavy atom. The Hall–Kier alpha value is -0.990. The number of aryl methyl sites for hydroxylation is 1. The molecule has 0 spiro atoms. The standard InChI is InChI=1S/C16H24N2.ClH/c1-3-4-5-8-11-17-12-14-13-18(2)16-10-7-6-9-15(14)16;/h6-7,9-10,13,17H,3-5,8,11-12H2,1-2H3;1H. The first kappa shape index (κ1) is 16.1. The molecule has 0 radical (unpaired) electrons. The van der Waals surface area contributed by atoms with Crippen LogP contribution in [0.1, 0.15) is 38.2 Å². The van der Waals surface area contributed by atoms with E-state index in [9.17, 15) is 0 Å². The second-order valence-electron chi connectivity index (χ2n) is 5.02. The van der Waals surface area contributed by atoms with Gasteiger partial charge < -0.3 is 9.88 Å². The van der Waals surface area contributed by atoms with Crippen LogP contribution in [0.2, 0.25) is 0 Å². The highest BCUT2D eigenvalue weighted by atomic mass is 35.5. The minimum Gasteiger partial charge on any atom is -0.350 e. The maximum Gasteiger partial charge on any atom is 0.0481 e. The molecule has 1 heterocycles. The van der Waals surface area contributed by atoms with Crippen LogP contribution in [0.4, 0.5) is 0 Å². The Bertz CT molecular complexity index is 490. The van der Waals surface area contributed by atoms with E-state index < -0.39 is 0 Å². The predicted octanol–water partition coefficient (Wildman–Crippen LogP) is 4.27. The summed E-state index contributed by atoms with van der Waals surface area (Å²) in [5.74, 6) is 0. The summed E-state index contributed by atoms with van der Waals surface area (Å²) in [5, 5.41) is 4.93. The Morgan fingerprint density at radius 3 is 2.68 bits per heavy atom. The van der Waals surface area contributed by atoms with Crippen molar-refractivity contribution in [1.29, 1.82) is 0 Å². The van der Waals surface area contributed by atoms with Crippen LogP contribution >= 0.6 is 12.4 Å². The highest BCUT2D eigenvalue weighted by Crippen LogP contribution is 2.19. The maximum absolute atomic E-state index is 3.55. The van der Waals surface area contributed by atoms with Crippen LogP contribution in [0.5, 0.6) is 0 Å². The van der Waals surface area contributed by atoms with Gasteiger partial charge in [-0.25, -0.2) is 0 Å². The molecule has 0 amide bonds. The number of benzene rings is 1. The van der Waals surface area contributed by atoms with Crippen molar-refractivity contribution in [3.63, 3.8) is 0 Å². The molecule has 3 heteroatoms. The van der Waals surface area contributed by atoms with Gasteiger partial charge in [-0.1, -0.05) is 44.4 Å². The molecule has 2 aromatic rings. The minimum atomic E-state index is 0. The Labute approximate surface area is 122 Å². The third kappa shape index (κ3) is 4.26. The van der Waals surface area contributed by atoms with Gasteiger partial charge >= 0.3 is 0 Å². The quantitative estimate of drug-likeness (QED) is 0.750. The lowest BCUT2D eigenvalue weighted by Gasteiger charge is -2.03. The third-order valence-corrected chi connectivity index (χ3v) is 3.50. The second kappa shape index (κ2) is 8.23. The average molecular weight is 281 g/mol. The number of nitrogens with zero attached hydrogens (tertiary/aromatic N) is 1. The van der Waals surface area contributed by atoms with Crippen LogP contribution in [0, 0.1) is 0 Å². The molecule has 1 aromatic heterocycles. The van der Waals surface area contributed by atoms with E-state index in [1.54, 1.807) is 0 Å². The van der Waals surface area contributed by atoms with Crippen LogP contribution in [0.3, 0.4) is 0 Å². The fourth-order valence-electron chi connectivity index (χ4n) is 2.47. The van der Waals surface area contributed by atoms with Crippen molar-refractivity contribution in [3.8, 4) is 0 Å². The smallest absolute Gasteiger partial charge is 0.0481 e. The summed E-state index contributed by atoms with van der Waals surface area (Å²) in [7, 11) is 2.12. The van der Waals surface area contributed by atoms with E-state index in [1.165, 1.54) is 42.1 Å². The van der Waals surface area contributed by atoms with Gasteiger partial charge in [-0.05, 0) is 24.6 Å². The summed E-state index contributed by atoms with van der Waals surface area (Å²) in [6.07, 6.45) is 7.54. The SMILES string of the molecule is CCCCCCNCc1cn(C)c2ccccc12.Cl. The molecule has 2 rings (SSSR count). The number of rotatable bonds is 7. The van der Waals surface area contributed by atoms with Gasteiger partial charge in [-0.15, -0.1) is 12.4 Å². The summed E-state index contributed by atoms with van der Waals surface area (Å²) in [4.78, 5) is 0. The molecule has 0 atom stereocenters. The van der Waals surface area contributed by atoms with Crippen LogP contribution < -0.4 is 5.32 Å². The van der Waals surface area contributed by atoms with Crippen molar-refractivity contribution < 1.29 is 0 Å². The van der Waals surface area contributed by atoms with Gasteiger partial charge in [0.25, 0.3) is 0 Å². The van der Waals surface area contributed by atoms with Crippen LogP contribution in [-0.4, -0.2) is 11.1 Å². The van der Waals surface area contributed by atoms with E-state index in [0.29, 0.717) is 0 Å². The van der Waals surface area contributed by atoms with Gasteiger partial charge in [-0.2, -0.15) is 0 Å². The van der Waals surface area contributed by atoms with E-state index in [1.807, 2.05) is 0 Å². The molecule has 0 aliphatic heterocycles. The Kier molecular flexibility index (Phi) is 6.96. The minimum absolute atomic E-state index is 0. The highest BCUT2D eigenvalue weighted by Gasteiger charge is 2.04. The van der Waals surface area contributed by atoms with Crippen molar-refractivity contribution in [2.45, 2.75) is 39.2 Å². The zero-order chi connectivity index (χ0) is 12.8. The van der Waals surface area contributed by atoms with Gasteiger partial charge in [0.15, 0.2) is 0 Å². The number of halogens is 1.